The first kappa shape index (κ1) is 24.7. The lowest BCUT2D eigenvalue weighted by molar-refractivity contribution is -0.120. The van der Waals surface area contributed by atoms with Crippen molar-refractivity contribution in [1.82, 2.24) is 10.2 Å². The molecule has 0 bridgehead atoms. The fourth-order valence-electron chi connectivity index (χ4n) is 9.54. The maximum absolute atomic E-state index is 11.6. The van der Waals surface area contributed by atoms with Crippen molar-refractivity contribution in [3.8, 4) is 0 Å². The fourth-order valence-corrected chi connectivity index (χ4v) is 9.54. The number of hydrogen-bond donors (Lipinski definition) is 1. The first-order valence-corrected chi connectivity index (χ1v) is 14.0. The number of nitrogens with zero attached hydrogens (tertiary/aromatic N) is 1. The molecule has 3 nitrogen and oxygen atoms in total. The highest BCUT2D eigenvalue weighted by atomic mass is 16.1. The molecule has 4 aliphatic carbocycles. The lowest BCUT2D eigenvalue weighted by Gasteiger charge is -2.61. The zero-order chi connectivity index (χ0) is 23.1. The van der Waals surface area contributed by atoms with Gasteiger partial charge in [0.25, 0.3) is 0 Å². The molecule has 0 heterocycles. The van der Waals surface area contributed by atoms with Gasteiger partial charge in [-0.1, -0.05) is 20.8 Å². The zero-order valence-corrected chi connectivity index (χ0v) is 22.1. The van der Waals surface area contributed by atoms with E-state index in [-0.39, 0.29) is 0 Å². The Balaban J connectivity index is 1.40. The molecular weight excluding hydrogens is 392 g/mol. The number of ketones is 1. The highest BCUT2D eigenvalue weighted by Gasteiger charge is 2.60. The van der Waals surface area contributed by atoms with Gasteiger partial charge in [0.2, 0.25) is 0 Å². The first-order valence-electron chi connectivity index (χ1n) is 14.0. The molecule has 0 aromatic rings. The molecule has 3 unspecified atom stereocenters. The topological polar surface area (TPSA) is 32.3 Å². The molecule has 3 heteroatoms. The minimum absolute atomic E-state index is 0.373. The maximum atomic E-state index is 11.6. The van der Waals surface area contributed by atoms with Crippen LogP contribution in [0.4, 0.5) is 0 Å². The Kier molecular flexibility index (Phi) is 7.48. The van der Waals surface area contributed by atoms with Crippen LogP contribution < -0.4 is 5.32 Å². The highest BCUT2D eigenvalue weighted by molar-refractivity contribution is 5.75. The van der Waals surface area contributed by atoms with Crippen LogP contribution in [0, 0.1) is 46.3 Å². The lowest BCUT2D eigenvalue weighted by atomic mass is 9.44. The molecule has 4 fully saturated rings. The molecule has 0 aromatic carbocycles. The van der Waals surface area contributed by atoms with Gasteiger partial charge in [0.05, 0.1) is 0 Å². The zero-order valence-electron chi connectivity index (χ0n) is 22.1. The normalized spacial score (nSPS) is 44.6. The van der Waals surface area contributed by atoms with E-state index < -0.39 is 0 Å². The van der Waals surface area contributed by atoms with Gasteiger partial charge in [-0.05, 0) is 132 Å². The second-order valence-electron chi connectivity index (χ2n) is 13.3. The molecule has 4 rings (SSSR count). The Labute approximate surface area is 198 Å². The Morgan fingerprint density at radius 1 is 1.00 bits per heavy atom. The second kappa shape index (κ2) is 9.68. The second-order valence-corrected chi connectivity index (χ2v) is 13.3. The number of carbonyl (C=O) groups is 1. The fraction of sp³-hybridized carbons (Fsp3) is 0.966. The average Bonchev–Trinajstić information content (AvgIpc) is 3.09. The summed E-state index contributed by atoms with van der Waals surface area (Å²) in [6.07, 6.45) is 14.9. The van der Waals surface area contributed by atoms with E-state index in [1.807, 2.05) is 0 Å². The number of carbonyl (C=O) groups excluding carboxylic acids is 1. The molecule has 184 valence electrons. The standard InChI is InChI=1S/C29H52N2O/c1-20(7-8-21(2)32)25-11-12-26-24-10-9-22-19-23(30-17-18-31(5)6)13-15-28(22,3)27(24)14-16-29(25,26)4/h20,22-27,30H,7-19H2,1-6H3/t20-,22-,23-,24?,25-,26?,27?,28+,29-/m1/s1. The number of fused-ring (bicyclic) bond motifs is 5. The van der Waals surface area contributed by atoms with Crippen molar-refractivity contribution in [2.75, 3.05) is 27.2 Å². The van der Waals surface area contributed by atoms with Gasteiger partial charge >= 0.3 is 0 Å². The summed E-state index contributed by atoms with van der Waals surface area (Å²) in [5.74, 6) is 5.74. The molecule has 4 saturated carbocycles. The van der Waals surface area contributed by atoms with E-state index >= 15 is 0 Å². The van der Waals surface area contributed by atoms with Crippen molar-refractivity contribution in [2.24, 2.45) is 46.3 Å². The summed E-state index contributed by atoms with van der Waals surface area (Å²) in [6, 6.07) is 0.747. The number of nitrogens with one attached hydrogen (secondary N) is 1. The van der Waals surface area contributed by atoms with Crippen LogP contribution in [0.2, 0.25) is 0 Å². The number of hydrogen-bond acceptors (Lipinski definition) is 3. The van der Waals surface area contributed by atoms with Gasteiger partial charge in [-0.15, -0.1) is 0 Å². The summed E-state index contributed by atoms with van der Waals surface area (Å²) in [7, 11) is 4.35. The Hall–Kier alpha value is -0.410. The van der Waals surface area contributed by atoms with Gasteiger partial charge in [-0.3, -0.25) is 0 Å². The van der Waals surface area contributed by atoms with Crippen LogP contribution in [0.25, 0.3) is 0 Å². The molecular formula is C29H52N2O. The van der Waals surface area contributed by atoms with Crippen molar-refractivity contribution in [3.05, 3.63) is 0 Å². The van der Waals surface area contributed by atoms with E-state index in [2.05, 4.69) is 45.1 Å². The molecule has 32 heavy (non-hydrogen) atoms. The predicted molar refractivity (Wildman–Crippen MR) is 135 cm³/mol. The number of rotatable bonds is 8. The van der Waals surface area contributed by atoms with Gasteiger partial charge in [0, 0.05) is 25.6 Å². The van der Waals surface area contributed by atoms with E-state index in [0.717, 1.165) is 61.6 Å². The van der Waals surface area contributed by atoms with Gasteiger partial charge in [0.15, 0.2) is 0 Å². The third kappa shape index (κ3) is 4.59. The predicted octanol–water partition coefficient (Wildman–Crippen LogP) is 6.17. The van der Waals surface area contributed by atoms with Crippen molar-refractivity contribution >= 4 is 5.78 Å². The summed E-state index contributed by atoms with van der Waals surface area (Å²) in [6.45, 7) is 11.9. The third-order valence-electron chi connectivity index (χ3n) is 11.4. The quantitative estimate of drug-likeness (QED) is 0.486. The van der Waals surface area contributed by atoms with Crippen molar-refractivity contribution in [1.29, 1.82) is 0 Å². The van der Waals surface area contributed by atoms with E-state index in [1.165, 1.54) is 57.8 Å². The van der Waals surface area contributed by atoms with Crippen molar-refractivity contribution in [2.45, 2.75) is 104 Å². The average molecular weight is 445 g/mol. The van der Waals surface area contributed by atoms with Crippen molar-refractivity contribution in [3.63, 3.8) is 0 Å². The largest absolute Gasteiger partial charge is 0.313 e. The lowest BCUT2D eigenvalue weighted by Crippen LogP contribution is -2.55. The molecule has 0 aromatic heterocycles. The monoisotopic (exact) mass is 444 g/mol. The van der Waals surface area contributed by atoms with Crippen LogP contribution in [0.5, 0.6) is 0 Å². The summed E-state index contributed by atoms with van der Waals surface area (Å²) < 4.78 is 0. The van der Waals surface area contributed by atoms with Crippen LogP contribution >= 0.6 is 0 Å². The molecule has 9 atom stereocenters. The number of Topliss-reactive ketones (excluding diaryl/α,β-unsaturated/α-hetero) is 1. The number of likely N-dealkylation sites (N-methyl/N-ethyl adjacent to an activating group) is 1. The van der Waals surface area contributed by atoms with Crippen LogP contribution in [0.1, 0.15) is 98.3 Å². The molecule has 1 N–H and O–H groups in total. The van der Waals surface area contributed by atoms with E-state index in [9.17, 15) is 4.79 Å². The SMILES string of the molecule is CC(=O)CC[C@@H](C)[C@H]1CCC2C3CC[C@@H]4C[C@H](NCCN(C)C)CC[C@]4(C)C3CC[C@@]21C. The Morgan fingerprint density at radius 2 is 1.72 bits per heavy atom. The van der Waals surface area contributed by atoms with Crippen LogP contribution in [-0.4, -0.2) is 43.9 Å². The van der Waals surface area contributed by atoms with Gasteiger partial charge < -0.3 is 15.0 Å². The Bertz CT molecular complexity index is 662. The molecule has 0 radical (unpaired) electrons. The Morgan fingerprint density at radius 3 is 2.44 bits per heavy atom. The maximum Gasteiger partial charge on any atom is 0.129 e. The first-order chi connectivity index (χ1) is 15.1. The smallest absolute Gasteiger partial charge is 0.129 e. The van der Waals surface area contributed by atoms with Gasteiger partial charge in [0.1, 0.15) is 5.78 Å². The molecule has 0 spiro atoms. The van der Waals surface area contributed by atoms with Crippen LogP contribution in [0.3, 0.4) is 0 Å². The summed E-state index contributed by atoms with van der Waals surface area (Å²) >= 11 is 0. The molecule has 0 aliphatic heterocycles. The summed E-state index contributed by atoms with van der Waals surface area (Å²) in [5, 5.41) is 3.89. The van der Waals surface area contributed by atoms with Crippen LogP contribution in [0.15, 0.2) is 0 Å². The minimum Gasteiger partial charge on any atom is -0.313 e. The molecule has 4 aliphatic rings. The summed E-state index contributed by atoms with van der Waals surface area (Å²) in [4.78, 5) is 13.9. The molecule has 0 saturated heterocycles. The van der Waals surface area contributed by atoms with Crippen molar-refractivity contribution < 1.29 is 4.79 Å². The van der Waals surface area contributed by atoms with E-state index in [0.29, 0.717) is 22.5 Å². The van der Waals surface area contributed by atoms with Gasteiger partial charge in [-0.2, -0.15) is 0 Å². The highest BCUT2D eigenvalue weighted by Crippen LogP contribution is 2.68. The van der Waals surface area contributed by atoms with Gasteiger partial charge in [-0.25, -0.2) is 0 Å². The molecule has 0 amide bonds. The van der Waals surface area contributed by atoms with Crippen LogP contribution in [-0.2, 0) is 4.79 Å². The van der Waals surface area contributed by atoms with E-state index in [4.69, 9.17) is 0 Å². The summed E-state index contributed by atoms with van der Waals surface area (Å²) in [5.41, 5.74) is 1.12. The van der Waals surface area contributed by atoms with E-state index in [1.54, 1.807) is 6.92 Å². The third-order valence-corrected chi connectivity index (χ3v) is 11.4. The minimum atomic E-state index is 0.373.